The molecule has 0 spiro atoms. The lowest BCUT2D eigenvalue weighted by Gasteiger charge is -2.31. The van der Waals surface area contributed by atoms with Gasteiger partial charge in [0.15, 0.2) is 6.04 Å². The maximum Gasteiger partial charge on any atom is 0.365 e. The van der Waals surface area contributed by atoms with Crippen LogP contribution in [0.1, 0.15) is 5.56 Å². The number of esters is 1. The Balaban J connectivity index is 2.34. The number of aromatic amines is 1. The summed E-state index contributed by atoms with van der Waals surface area (Å²) < 4.78 is 5.48. The van der Waals surface area contributed by atoms with Crippen LogP contribution in [0.15, 0.2) is 30.5 Å². The average molecular weight is 261 g/mol. The molecule has 0 radical (unpaired) electrons. The van der Waals surface area contributed by atoms with Gasteiger partial charge in [0.2, 0.25) is 0 Å². The van der Waals surface area contributed by atoms with Crippen molar-refractivity contribution in [2.75, 3.05) is 28.3 Å². The molecule has 0 aliphatic heterocycles. The zero-order valence-corrected chi connectivity index (χ0v) is 11.9. The van der Waals surface area contributed by atoms with Gasteiger partial charge in [-0.3, -0.25) is 0 Å². The average Bonchev–Trinajstić information content (AvgIpc) is 2.77. The van der Waals surface area contributed by atoms with E-state index >= 15 is 0 Å². The summed E-state index contributed by atoms with van der Waals surface area (Å²) in [4.78, 5) is 15.2. The largest absolute Gasteiger partial charge is 0.465 e. The molecule has 4 nitrogen and oxygen atoms in total. The third kappa shape index (κ3) is 2.79. The molecule has 1 heterocycles. The number of aromatic nitrogens is 1. The Morgan fingerprint density at radius 1 is 1.32 bits per heavy atom. The quantitative estimate of drug-likeness (QED) is 0.675. The standard InChI is InChI=1S/C15H21N2O2/c1-17(2,3)14(15(18)19-4)9-11-10-16-13-8-6-5-7-12(11)13/h5-8,10,14,16H,9H2,1-4H3/q+1/t14-/m0/s1. The van der Waals surface area contributed by atoms with Crippen molar-refractivity contribution in [1.82, 2.24) is 4.98 Å². The fourth-order valence-electron chi connectivity index (χ4n) is 2.32. The molecular formula is C15H21N2O2+. The Morgan fingerprint density at radius 3 is 2.63 bits per heavy atom. The topological polar surface area (TPSA) is 42.1 Å². The third-order valence-electron chi connectivity index (χ3n) is 3.50. The van der Waals surface area contributed by atoms with Crippen molar-refractivity contribution >= 4 is 16.9 Å². The Morgan fingerprint density at radius 2 is 2.00 bits per heavy atom. The van der Waals surface area contributed by atoms with Crippen LogP contribution in [0, 0.1) is 0 Å². The SMILES string of the molecule is COC(=O)[C@H](Cc1c[nH]c2ccccc12)[N+](C)(C)C. The normalized spacial score (nSPS) is 13.5. The first-order chi connectivity index (χ1) is 8.93. The number of likely N-dealkylation sites (N-methyl/N-ethyl adjacent to an activating group) is 1. The van der Waals surface area contributed by atoms with Crippen molar-refractivity contribution < 1.29 is 14.0 Å². The molecule has 0 amide bonds. The summed E-state index contributed by atoms with van der Waals surface area (Å²) in [5, 5.41) is 1.17. The molecule has 4 heteroatoms. The first-order valence-corrected chi connectivity index (χ1v) is 6.37. The number of rotatable bonds is 4. The van der Waals surface area contributed by atoms with E-state index in [2.05, 4.69) is 11.1 Å². The van der Waals surface area contributed by atoms with Crippen LogP contribution in [0.4, 0.5) is 0 Å². The van der Waals surface area contributed by atoms with E-state index in [-0.39, 0.29) is 12.0 Å². The second-order valence-electron chi connectivity index (χ2n) is 5.72. The zero-order chi connectivity index (χ0) is 14.0. The molecule has 0 fully saturated rings. The van der Waals surface area contributed by atoms with Crippen molar-refractivity contribution in [2.45, 2.75) is 12.5 Å². The number of H-pyrrole nitrogens is 1. The zero-order valence-electron chi connectivity index (χ0n) is 11.9. The summed E-state index contributed by atoms with van der Waals surface area (Å²) in [6.45, 7) is 0. The molecule has 0 unspecified atom stereocenters. The number of quaternary nitrogens is 1. The number of benzene rings is 1. The highest BCUT2D eigenvalue weighted by Gasteiger charge is 2.33. The molecule has 0 aliphatic rings. The molecule has 2 aromatic rings. The predicted molar refractivity (Wildman–Crippen MR) is 75.8 cm³/mol. The molecule has 19 heavy (non-hydrogen) atoms. The molecule has 1 aromatic heterocycles. The van der Waals surface area contributed by atoms with Gasteiger partial charge in [-0.2, -0.15) is 0 Å². The van der Waals surface area contributed by atoms with Crippen LogP contribution in [0.25, 0.3) is 10.9 Å². The van der Waals surface area contributed by atoms with Crippen molar-refractivity contribution in [3.63, 3.8) is 0 Å². The van der Waals surface area contributed by atoms with Crippen LogP contribution >= 0.6 is 0 Å². The number of carbonyl (C=O) groups is 1. The van der Waals surface area contributed by atoms with E-state index in [1.54, 1.807) is 0 Å². The molecule has 1 N–H and O–H groups in total. The van der Waals surface area contributed by atoms with Crippen LogP contribution in [0.2, 0.25) is 0 Å². The van der Waals surface area contributed by atoms with Crippen molar-refractivity contribution in [1.29, 1.82) is 0 Å². The van der Waals surface area contributed by atoms with Gasteiger partial charge >= 0.3 is 5.97 Å². The van der Waals surface area contributed by atoms with Gasteiger partial charge in [-0.05, 0) is 11.6 Å². The van der Waals surface area contributed by atoms with E-state index in [0.717, 1.165) is 11.1 Å². The van der Waals surface area contributed by atoms with Crippen LogP contribution in [0.5, 0.6) is 0 Å². The number of nitrogens with zero attached hydrogens (tertiary/aromatic N) is 1. The molecule has 1 aromatic carbocycles. The van der Waals surface area contributed by atoms with Gasteiger partial charge in [0.05, 0.1) is 28.3 Å². The highest BCUT2D eigenvalue weighted by molar-refractivity contribution is 5.84. The molecular weight excluding hydrogens is 240 g/mol. The van der Waals surface area contributed by atoms with E-state index in [1.807, 2.05) is 45.5 Å². The van der Waals surface area contributed by atoms with Gasteiger partial charge in [-0.25, -0.2) is 4.79 Å². The maximum absolute atomic E-state index is 12.0. The molecule has 102 valence electrons. The van der Waals surface area contributed by atoms with E-state index in [1.165, 1.54) is 12.5 Å². The van der Waals surface area contributed by atoms with E-state index < -0.39 is 0 Å². The number of fused-ring (bicyclic) bond motifs is 1. The van der Waals surface area contributed by atoms with Gasteiger partial charge in [-0.1, -0.05) is 18.2 Å². The van der Waals surface area contributed by atoms with Gasteiger partial charge < -0.3 is 14.2 Å². The second kappa shape index (κ2) is 5.05. The Labute approximate surface area is 113 Å². The first kappa shape index (κ1) is 13.6. The predicted octanol–water partition coefficient (Wildman–Crippen LogP) is 1.96. The number of ether oxygens (including phenoxy) is 1. The summed E-state index contributed by atoms with van der Waals surface area (Å²) in [7, 11) is 7.48. The Hall–Kier alpha value is -1.81. The third-order valence-corrected chi connectivity index (χ3v) is 3.50. The first-order valence-electron chi connectivity index (χ1n) is 6.37. The molecule has 0 saturated carbocycles. The number of para-hydroxylation sites is 1. The van der Waals surface area contributed by atoms with E-state index in [9.17, 15) is 4.79 Å². The summed E-state index contributed by atoms with van der Waals surface area (Å²) in [6.07, 6.45) is 2.65. The minimum Gasteiger partial charge on any atom is -0.465 e. The van der Waals surface area contributed by atoms with Crippen LogP contribution in [0.3, 0.4) is 0 Å². The lowest BCUT2D eigenvalue weighted by molar-refractivity contribution is -0.887. The molecule has 1 atom stereocenters. The van der Waals surface area contributed by atoms with Gasteiger partial charge in [0, 0.05) is 23.5 Å². The molecule has 0 saturated heterocycles. The lowest BCUT2D eigenvalue weighted by Crippen LogP contribution is -2.51. The van der Waals surface area contributed by atoms with Gasteiger partial charge in [0.1, 0.15) is 0 Å². The summed E-state index contributed by atoms with van der Waals surface area (Å²) >= 11 is 0. The maximum atomic E-state index is 12.0. The molecule has 0 bridgehead atoms. The van der Waals surface area contributed by atoms with Crippen molar-refractivity contribution in [3.8, 4) is 0 Å². The number of hydrogen-bond donors (Lipinski definition) is 1. The summed E-state index contributed by atoms with van der Waals surface area (Å²) in [5.74, 6) is -0.169. The number of methoxy groups -OCH3 is 1. The molecule has 0 aliphatic carbocycles. The number of hydrogen-bond acceptors (Lipinski definition) is 2. The summed E-state index contributed by atoms with van der Waals surface area (Å²) in [5.41, 5.74) is 2.25. The minimum absolute atomic E-state index is 0.169. The van der Waals surface area contributed by atoms with Crippen molar-refractivity contribution in [2.24, 2.45) is 0 Å². The highest BCUT2D eigenvalue weighted by Crippen LogP contribution is 2.21. The van der Waals surface area contributed by atoms with E-state index in [0.29, 0.717) is 10.9 Å². The van der Waals surface area contributed by atoms with Crippen molar-refractivity contribution in [3.05, 3.63) is 36.0 Å². The van der Waals surface area contributed by atoms with Crippen LogP contribution < -0.4 is 0 Å². The fourth-order valence-corrected chi connectivity index (χ4v) is 2.32. The Kier molecular flexibility index (Phi) is 3.62. The monoisotopic (exact) mass is 261 g/mol. The number of carbonyl (C=O) groups excluding carboxylic acids is 1. The molecule has 2 rings (SSSR count). The smallest absolute Gasteiger partial charge is 0.365 e. The highest BCUT2D eigenvalue weighted by atomic mass is 16.5. The number of nitrogens with one attached hydrogen (secondary N) is 1. The van der Waals surface area contributed by atoms with Crippen LogP contribution in [-0.4, -0.2) is 49.7 Å². The Bertz CT molecular complexity index is 581. The minimum atomic E-state index is -0.204. The lowest BCUT2D eigenvalue weighted by atomic mass is 10.0. The van der Waals surface area contributed by atoms with Crippen LogP contribution in [-0.2, 0) is 16.0 Å². The van der Waals surface area contributed by atoms with Gasteiger partial charge in [-0.15, -0.1) is 0 Å². The second-order valence-corrected chi connectivity index (χ2v) is 5.72. The van der Waals surface area contributed by atoms with E-state index in [4.69, 9.17) is 4.74 Å². The van der Waals surface area contributed by atoms with Gasteiger partial charge in [0.25, 0.3) is 0 Å². The fraction of sp³-hybridized carbons (Fsp3) is 0.400. The summed E-state index contributed by atoms with van der Waals surface area (Å²) in [6, 6.07) is 7.92.